The number of benzene rings is 4. The van der Waals surface area contributed by atoms with Crippen molar-refractivity contribution in [2.45, 2.75) is 6.42 Å². The summed E-state index contributed by atoms with van der Waals surface area (Å²) in [5, 5.41) is 26.8. The second-order valence-electron chi connectivity index (χ2n) is 6.80. The predicted molar refractivity (Wildman–Crippen MR) is 112 cm³/mol. The fourth-order valence-electron chi connectivity index (χ4n) is 3.62. The highest BCUT2D eigenvalue weighted by atomic mass is 16.3. The number of carbonyl (C=O) groups is 2. The molecule has 0 fully saturated rings. The largest absolute Gasteiger partial charge is 0.508 e. The Kier molecular flexibility index (Phi) is 4.52. The van der Waals surface area contributed by atoms with Crippen molar-refractivity contribution in [2.24, 2.45) is 5.73 Å². The number of hydrogen-bond donors (Lipinski definition) is 4. The second-order valence-corrected chi connectivity index (χ2v) is 6.80. The highest BCUT2D eigenvalue weighted by Gasteiger charge is 2.14. The van der Waals surface area contributed by atoms with E-state index in [1.165, 1.54) is 0 Å². The Labute approximate surface area is 166 Å². The smallest absolute Gasteiger partial charge is 0.248 e. The lowest BCUT2D eigenvalue weighted by Gasteiger charge is -2.14. The number of hydrogen-bond acceptors (Lipinski definition) is 4. The zero-order valence-electron chi connectivity index (χ0n) is 15.3. The van der Waals surface area contributed by atoms with Crippen molar-refractivity contribution in [1.29, 1.82) is 0 Å². The molecule has 4 rings (SSSR count). The maximum atomic E-state index is 11.5. The molecule has 4 aromatic carbocycles. The number of amides is 2. The van der Waals surface area contributed by atoms with Gasteiger partial charge in [0, 0.05) is 28.8 Å². The van der Waals surface area contributed by atoms with Crippen LogP contribution in [0.25, 0.3) is 21.5 Å². The predicted octanol–water partition coefficient (Wildman–Crippen LogP) is 3.66. The highest BCUT2D eigenvalue weighted by molar-refractivity contribution is 5.99. The maximum absolute atomic E-state index is 11.5. The van der Waals surface area contributed by atoms with Crippen molar-refractivity contribution >= 4 is 39.5 Å². The quantitative estimate of drug-likeness (QED) is 0.392. The van der Waals surface area contributed by atoms with Gasteiger partial charge in [-0.3, -0.25) is 9.59 Å². The first kappa shape index (κ1) is 18.3. The molecule has 0 unspecified atom stereocenters. The van der Waals surface area contributed by atoms with Gasteiger partial charge in [-0.25, -0.2) is 0 Å². The van der Waals surface area contributed by atoms with Gasteiger partial charge < -0.3 is 21.3 Å². The topological polar surface area (TPSA) is 113 Å². The third kappa shape index (κ3) is 3.32. The number of anilines is 1. The van der Waals surface area contributed by atoms with Gasteiger partial charge in [0.25, 0.3) is 0 Å². The summed E-state index contributed by atoms with van der Waals surface area (Å²) in [4.78, 5) is 22.2. The molecule has 2 amide bonds. The minimum Gasteiger partial charge on any atom is -0.508 e. The van der Waals surface area contributed by atoms with Crippen molar-refractivity contribution in [3.8, 4) is 11.5 Å². The van der Waals surface area contributed by atoms with Crippen LogP contribution < -0.4 is 11.1 Å². The molecule has 0 saturated carbocycles. The molecule has 0 saturated heterocycles. The van der Waals surface area contributed by atoms with Gasteiger partial charge in [0.05, 0.1) is 0 Å². The number of phenolic OH excluding ortho intramolecular Hbond substituents is 2. The van der Waals surface area contributed by atoms with E-state index in [-0.39, 0.29) is 17.9 Å². The first-order chi connectivity index (χ1) is 14.0. The van der Waals surface area contributed by atoms with Crippen LogP contribution in [0.5, 0.6) is 11.5 Å². The first-order valence-electron chi connectivity index (χ1n) is 8.97. The van der Waals surface area contributed by atoms with Gasteiger partial charge in [-0.1, -0.05) is 24.3 Å². The number of carbonyl (C=O) groups excluding carboxylic acids is 2. The number of nitrogens with two attached hydrogens (primary N) is 1. The van der Waals surface area contributed by atoms with Crippen molar-refractivity contribution in [1.82, 2.24) is 0 Å². The lowest BCUT2D eigenvalue weighted by atomic mass is 9.93. The van der Waals surface area contributed by atoms with E-state index in [4.69, 9.17) is 5.73 Å². The summed E-state index contributed by atoms with van der Waals surface area (Å²) in [6.45, 7) is 0. The number of primary amides is 1. The Bertz CT molecular complexity index is 1280. The maximum Gasteiger partial charge on any atom is 0.248 e. The first-order valence-corrected chi connectivity index (χ1v) is 8.97. The van der Waals surface area contributed by atoms with Crippen molar-refractivity contribution in [3.63, 3.8) is 0 Å². The van der Waals surface area contributed by atoms with E-state index < -0.39 is 5.91 Å². The van der Waals surface area contributed by atoms with Crippen LogP contribution in [0.15, 0.2) is 60.7 Å². The van der Waals surface area contributed by atoms with Gasteiger partial charge in [-0.15, -0.1) is 0 Å². The van der Waals surface area contributed by atoms with E-state index >= 15 is 0 Å². The summed E-state index contributed by atoms with van der Waals surface area (Å²) in [5.74, 6) is -0.313. The normalized spacial score (nSPS) is 10.9. The minimum atomic E-state index is -0.520. The van der Waals surface area contributed by atoms with E-state index in [2.05, 4.69) is 5.32 Å². The van der Waals surface area contributed by atoms with Gasteiger partial charge in [0.15, 0.2) is 0 Å². The number of aromatic hydroxyl groups is 2. The average Bonchev–Trinajstić information content (AvgIpc) is 2.71. The van der Waals surface area contributed by atoms with Gasteiger partial charge >= 0.3 is 0 Å². The zero-order chi connectivity index (χ0) is 20.5. The lowest BCUT2D eigenvalue weighted by molar-refractivity contribution is -0.105. The summed E-state index contributed by atoms with van der Waals surface area (Å²) < 4.78 is 0. The lowest BCUT2D eigenvalue weighted by Crippen LogP contribution is -2.10. The molecule has 0 aliphatic carbocycles. The Morgan fingerprint density at radius 1 is 0.862 bits per heavy atom. The molecule has 29 heavy (non-hydrogen) atoms. The van der Waals surface area contributed by atoms with Crippen LogP contribution in [0.2, 0.25) is 0 Å². The molecule has 0 atom stereocenters. The summed E-state index contributed by atoms with van der Waals surface area (Å²) in [6.07, 6.45) is 0.889. The highest BCUT2D eigenvalue weighted by Crippen LogP contribution is 2.36. The summed E-state index contributed by atoms with van der Waals surface area (Å²) in [5.41, 5.74) is 7.69. The SMILES string of the molecule is NC(=O)c1ccc2c(Cc3c(O)ccc4cc(NC=O)ccc34)c(O)ccc2c1. The van der Waals surface area contributed by atoms with E-state index in [9.17, 15) is 19.8 Å². The number of fused-ring (bicyclic) bond motifs is 2. The van der Waals surface area contributed by atoms with E-state index in [1.807, 2.05) is 12.1 Å². The summed E-state index contributed by atoms with van der Waals surface area (Å²) in [7, 11) is 0. The number of rotatable bonds is 5. The Balaban J connectivity index is 1.87. The van der Waals surface area contributed by atoms with Crippen LogP contribution in [0.3, 0.4) is 0 Å². The molecule has 6 heteroatoms. The van der Waals surface area contributed by atoms with Crippen LogP contribution >= 0.6 is 0 Å². The number of phenols is 2. The molecule has 0 aliphatic rings. The van der Waals surface area contributed by atoms with E-state index in [0.717, 1.165) is 21.5 Å². The molecule has 0 aliphatic heterocycles. The standard InChI is InChI=1S/C23H18N2O4/c24-23(29)15-1-5-17-13(9-15)2-7-21(27)19(17)11-20-18-6-4-16(25-12-26)10-14(18)3-8-22(20)28/h1-10,12,27-28H,11H2,(H2,24,29)(H,25,26). The molecule has 5 N–H and O–H groups in total. The van der Waals surface area contributed by atoms with Crippen molar-refractivity contribution in [2.75, 3.05) is 5.32 Å². The van der Waals surface area contributed by atoms with Gasteiger partial charge in [0.1, 0.15) is 11.5 Å². The molecule has 0 aromatic heterocycles. The van der Waals surface area contributed by atoms with Crippen LogP contribution in [0.1, 0.15) is 21.5 Å². The van der Waals surface area contributed by atoms with Crippen molar-refractivity contribution in [3.05, 3.63) is 77.4 Å². The summed E-state index contributed by atoms with van der Waals surface area (Å²) in [6, 6.07) is 17.1. The zero-order valence-corrected chi connectivity index (χ0v) is 15.3. The summed E-state index contributed by atoms with van der Waals surface area (Å²) >= 11 is 0. The Hall–Kier alpha value is -4.06. The Morgan fingerprint density at radius 3 is 2.03 bits per heavy atom. The Morgan fingerprint density at radius 2 is 1.45 bits per heavy atom. The molecular formula is C23H18N2O4. The van der Waals surface area contributed by atoms with Crippen LogP contribution in [-0.4, -0.2) is 22.5 Å². The molecule has 4 aromatic rings. The minimum absolute atomic E-state index is 0.0972. The molecule has 0 heterocycles. The molecule has 0 radical (unpaired) electrons. The third-order valence-corrected chi connectivity index (χ3v) is 5.08. The third-order valence-electron chi connectivity index (χ3n) is 5.08. The fourth-order valence-corrected chi connectivity index (χ4v) is 3.62. The van der Waals surface area contributed by atoms with Crippen molar-refractivity contribution < 1.29 is 19.8 Å². The molecule has 144 valence electrons. The monoisotopic (exact) mass is 386 g/mol. The molecule has 0 bridgehead atoms. The number of nitrogens with one attached hydrogen (secondary N) is 1. The van der Waals surface area contributed by atoms with E-state index in [0.29, 0.717) is 28.8 Å². The second kappa shape index (κ2) is 7.16. The molecule has 6 nitrogen and oxygen atoms in total. The van der Waals surface area contributed by atoms with Gasteiger partial charge in [0.2, 0.25) is 12.3 Å². The van der Waals surface area contributed by atoms with Gasteiger partial charge in [-0.05, 0) is 57.9 Å². The van der Waals surface area contributed by atoms with Crippen LogP contribution in [-0.2, 0) is 11.2 Å². The molecular weight excluding hydrogens is 368 g/mol. The van der Waals surface area contributed by atoms with Crippen LogP contribution in [0, 0.1) is 0 Å². The van der Waals surface area contributed by atoms with Gasteiger partial charge in [-0.2, -0.15) is 0 Å². The van der Waals surface area contributed by atoms with Crippen LogP contribution in [0.4, 0.5) is 5.69 Å². The van der Waals surface area contributed by atoms with E-state index in [1.54, 1.807) is 48.5 Å². The average molecular weight is 386 g/mol. The molecule has 0 spiro atoms. The fraction of sp³-hybridized carbons (Fsp3) is 0.0435.